The van der Waals surface area contributed by atoms with Crippen LogP contribution < -0.4 is 5.32 Å². The lowest BCUT2D eigenvalue weighted by atomic mass is 10.1. The number of aromatic nitrogens is 3. The Morgan fingerprint density at radius 3 is 2.75 bits per heavy atom. The molecule has 0 bridgehead atoms. The molecule has 6 nitrogen and oxygen atoms in total. The monoisotopic (exact) mass is 496 g/mol. The highest BCUT2D eigenvalue weighted by atomic mass is 127. The van der Waals surface area contributed by atoms with Crippen LogP contribution in [-0.4, -0.2) is 45.3 Å². The molecule has 1 aromatic carbocycles. The quantitative estimate of drug-likeness (QED) is 0.360. The van der Waals surface area contributed by atoms with E-state index in [1.165, 1.54) is 36.8 Å². The highest BCUT2D eigenvalue weighted by Gasteiger charge is 2.18. The summed E-state index contributed by atoms with van der Waals surface area (Å²) in [6, 6.07) is 9.11. The molecule has 1 aromatic heterocycles. The summed E-state index contributed by atoms with van der Waals surface area (Å²) in [6.45, 7) is 6.66. The van der Waals surface area contributed by atoms with Gasteiger partial charge in [-0.2, -0.15) is 0 Å². The van der Waals surface area contributed by atoms with Crippen molar-refractivity contribution in [1.29, 1.82) is 0 Å². The topological polar surface area (TPSA) is 58.3 Å². The van der Waals surface area contributed by atoms with Gasteiger partial charge in [0, 0.05) is 32.6 Å². The minimum atomic E-state index is 0. The maximum atomic E-state index is 4.92. The molecule has 1 fully saturated rings. The lowest BCUT2D eigenvalue weighted by Crippen LogP contribution is -2.43. The van der Waals surface area contributed by atoms with Crippen molar-refractivity contribution in [2.45, 2.75) is 65.1 Å². The third-order valence-corrected chi connectivity index (χ3v) is 5.33. The van der Waals surface area contributed by atoms with Crippen molar-refractivity contribution >= 4 is 29.9 Å². The number of hydrogen-bond acceptors (Lipinski definition) is 3. The summed E-state index contributed by atoms with van der Waals surface area (Å²) in [7, 11) is 2.13. The molecule has 0 atom stereocenters. The molecule has 1 N–H and O–H groups in total. The molecular weight excluding hydrogens is 463 g/mol. The molecule has 0 saturated heterocycles. The smallest absolute Gasteiger partial charge is 0.194 e. The fourth-order valence-corrected chi connectivity index (χ4v) is 3.65. The maximum Gasteiger partial charge on any atom is 0.194 e. The second-order valence-corrected chi connectivity index (χ2v) is 7.41. The largest absolute Gasteiger partial charge is 0.354 e. The fourth-order valence-electron chi connectivity index (χ4n) is 3.65. The van der Waals surface area contributed by atoms with Gasteiger partial charge in [0.25, 0.3) is 0 Å². The molecule has 0 unspecified atom stereocenters. The van der Waals surface area contributed by atoms with E-state index in [0.29, 0.717) is 6.04 Å². The Morgan fingerprint density at radius 2 is 2.04 bits per heavy atom. The van der Waals surface area contributed by atoms with Crippen molar-refractivity contribution in [3.63, 3.8) is 0 Å². The molecule has 1 aliphatic carbocycles. The third-order valence-electron chi connectivity index (χ3n) is 5.33. The average Bonchev–Trinajstić information content (AvgIpc) is 3.34. The SMILES string of the molecule is CCc1nncn1CCN=C(NC1CCCC1)N(C)Cc1ccccc1C.I. The molecule has 0 radical (unpaired) electrons. The van der Waals surface area contributed by atoms with Crippen LogP contribution in [0.15, 0.2) is 35.6 Å². The van der Waals surface area contributed by atoms with Crippen LogP contribution in [0.5, 0.6) is 0 Å². The number of halogens is 1. The van der Waals surface area contributed by atoms with Gasteiger partial charge in [0.15, 0.2) is 5.96 Å². The molecule has 2 aromatic rings. The summed E-state index contributed by atoms with van der Waals surface area (Å²) in [5, 5.41) is 11.9. The summed E-state index contributed by atoms with van der Waals surface area (Å²) in [4.78, 5) is 7.16. The van der Waals surface area contributed by atoms with E-state index < -0.39 is 0 Å². The van der Waals surface area contributed by atoms with Crippen molar-refractivity contribution in [2.24, 2.45) is 4.99 Å². The predicted octanol–water partition coefficient (Wildman–Crippen LogP) is 3.79. The number of hydrogen-bond donors (Lipinski definition) is 1. The summed E-state index contributed by atoms with van der Waals surface area (Å²) >= 11 is 0. The van der Waals surface area contributed by atoms with Gasteiger partial charge in [0.05, 0.1) is 6.54 Å². The number of aryl methyl sites for hydroxylation is 2. The Balaban J connectivity index is 0.00000280. The van der Waals surface area contributed by atoms with E-state index in [-0.39, 0.29) is 24.0 Å². The summed E-state index contributed by atoms with van der Waals surface area (Å²) < 4.78 is 2.10. The van der Waals surface area contributed by atoms with E-state index in [4.69, 9.17) is 4.99 Å². The number of nitrogens with zero attached hydrogens (tertiary/aromatic N) is 5. The lowest BCUT2D eigenvalue weighted by Gasteiger charge is -2.26. The van der Waals surface area contributed by atoms with Crippen LogP contribution in [0, 0.1) is 6.92 Å². The van der Waals surface area contributed by atoms with Crippen molar-refractivity contribution in [2.75, 3.05) is 13.6 Å². The van der Waals surface area contributed by atoms with E-state index in [9.17, 15) is 0 Å². The lowest BCUT2D eigenvalue weighted by molar-refractivity contribution is 0.455. The Kier molecular flexibility index (Phi) is 9.21. The Hall–Kier alpha value is -1.64. The second-order valence-electron chi connectivity index (χ2n) is 7.41. The zero-order valence-corrected chi connectivity index (χ0v) is 19.6. The molecule has 1 aliphatic rings. The van der Waals surface area contributed by atoms with Gasteiger partial charge >= 0.3 is 0 Å². The molecule has 0 aliphatic heterocycles. The van der Waals surface area contributed by atoms with Crippen molar-refractivity contribution in [3.05, 3.63) is 47.5 Å². The van der Waals surface area contributed by atoms with Crippen molar-refractivity contribution < 1.29 is 0 Å². The molecule has 0 spiro atoms. The van der Waals surface area contributed by atoms with Crippen LogP contribution in [0.3, 0.4) is 0 Å². The number of rotatable bonds is 7. The van der Waals surface area contributed by atoms with E-state index in [2.05, 4.69) is 70.1 Å². The van der Waals surface area contributed by atoms with E-state index in [1.807, 2.05) is 0 Å². The third kappa shape index (κ3) is 6.18. The summed E-state index contributed by atoms with van der Waals surface area (Å²) in [6.07, 6.45) is 7.80. The fraction of sp³-hybridized carbons (Fsp3) is 0.571. The Bertz CT molecular complexity index is 751. The Labute approximate surface area is 185 Å². The summed E-state index contributed by atoms with van der Waals surface area (Å²) in [5.74, 6) is 2.01. The van der Waals surface area contributed by atoms with Gasteiger partial charge in [0.2, 0.25) is 0 Å². The normalized spacial score (nSPS) is 14.8. The van der Waals surface area contributed by atoms with Gasteiger partial charge in [-0.3, -0.25) is 4.99 Å². The van der Waals surface area contributed by atoms with E-state index >= 15 is 0 Å². The zero-order valence-electron chi connectivity index (χ0n) is 17.3. The number of guanidine groups is 1. The molecule has 3 rings (SSSR count). The summed E-state index contributed by atoms with van der Waals surface area (Å²) in [5.41, 5.74) is 2.66. The average molecular weight is 496 g/mol. The van der Waals surface area contributed by atoms with Gasteiger partial charge in [-0.05, 0) is 30.9 Å². The van der Waals surface area contributed by atoms with E-state index in [0.717, 1.165) is 37.8 Å². The van der Waals surface area contributed by atoms with Gasteiger partial charge in [-0.1, -0.05) is 44.0 Å². The van der Waals surface area contributed by atoms with Crippen LogP contribution >= 0.6 is 24.0 Å². The minimum absolute atomic E-state index is 0. The number of benzene rings is 1. The first-order chi connectivity index (χ1) is 13.2. The van der Waals surface area contributed by atoms with Crippen LogP contribution in [0.4, 0.5) is 0 Å². The van der Waals surface area contributed by atoms with Gasteiger partial charge < -0.3 is 14.8 Å². The van der Waals surface area contributed by atoms with Crippen LogP contribution in [0.2, 0.25) is 0 Å². The number of nitrogens with one attached hydrogen (secondary N) is 1. The predicted molar refractivity (Wildman–Crippen MR) is 125 cm³/mol. The van der Waals surface area contributed by atoms with Crippen LogP contribution in [-0.2, 0) is 19.5 Å². The maximum absolute atomic E-state index is 4.92. The molecule has 1 heterocycles. The van der Waals surface area contributed by atoms with Gasteiger partial charge in [0.1, 0.15) is 12.2 Å². The molecule has 7 heteroatoms. The highest BCUT2D eigenvalue weighted by Crippen LogP contribution is 2.18. The first kappa shape index (κ1) is 22.6. The first-order valence-electron chi connectivity index (χ1n) is 10.1. The first-order valence-corrected chi connectivity index (χ1v) is 10.1. The van der Waals surface area contributed by atoms with Gasteiger partial charge in [-0.15, -0.1) is 34.2 Å². The van der Waals surface area contributed by atoms with Crippen LogP contribution in [0.1, 0.15) is 49.6 Å². The van der Waals surface area contributed by atoms with E-state index in [1.54, 1.807) is 6.33 Å². The second kappa shape index (κ2) is 11.4. The van der Waals surface area contributed by atoms with Gasteiger partial charge in [-0.25, -0.2) is 0 Å². The molecule has 28 heavy (non-hydrogen) atoms. The Morgan fingerprint density at radius 1 is 1.29 bits per heavy atom. The van der Waals surface area contributed by atoms with Crippen molar-refractivity contribution in [3.8, 4) is 0 Å². The molecular formula is C21H33IN6. The standard InChI is InChI=1S/C21H32N6.HI/c1-4-20-25-23-16-27(20)14-13-22-21(24-19-11-7-8-12-19)26(3)15-18-10-6-5-9-17(18)2;/h5-6,9-10,16,19H,4,7-8,11-15H2,1-3H3,(H,22,24);1H. The number of aliphatic imine (C=N–C) groups is 1. The van der Waals surface area contributed by atoms with Crippen LogP contribution in [0.25, 0.3) is 0 Å². The highest BCUT2D eigenvalue weighted by molar-refractivity contribution is 14.0. The minimum Gasteiger partial charge on any atom is -0.354 e. The van der Waals surface area contributed by atoms with Crippen molar-refractivity contribution in [1.82, 2.24) is 25.0 Å². The molecule has 1 saturated carbocycles. The molecule has 0 amide bonds. The zero-order chi connectivity index (χ0) is 19.1. The molecule has 154 valence electrons.